The van der Waals surface area contributed by atoms with Crippen LogP contribution in [-0.2, 0) is 12.8 Å². The Bertz CT molecular complexity index is 914. The molecule has 0 atom stereocenters. The third kappa shape index (κ3) is 2.31. The van der Waals surface area contributed by atoms with Crippen LogP contribution in [0.3, 0.4) is 0 Å². The Kier molecular flexibility index (Phi) is 2.78. The molecule has 0 aliphatic rings. The molecule has 0 aliphatic heterocycles. The lowest BCUT2D eigenvalue weighted by Gasteiger charge is -2.03. The molecule has 0 spiro atoms. The smallest absolute Gasteiger partial charge is 0.137 e. The second-order valence-electron chi connectivity index (χ2n) is 5.63. The van der Waals surface area contributed by atoms with Crippen LogP contribution in [0.15, 0.2) is 48.8 Å². The molecule has 0 unspecified atom stereocenters. The lowest BCUT2D eigenvalue weighted by Crippen LogP contribution is -1.92. The van der Waals surface area contributed by atoms with Crippen LogP contribution in [0.1, 0.15) is 16.8 Å². The summed E-state index contributed by atoms with van der Waals surface area (Å²) in [5.74, 6) is 0. The summed E-state index contributed by atoms with van der Waals surface area (Å²) in [5, 5.41) is 2.47. The number of nitrogens with zero attached hydrogens (tertiary/aromatic N) is 1. The molecule has 0 fully saturated rings. The van der Waals surface area contributed by atoms with Gasteiger partial charge in [0.1, 0.15) is 5.65 Å². The van der Waals surface area contributed by atoms with Gasteiger partial charge in [-0.2, -0.15) is 0 Å². The van der Waals surface area contributed by atoms with Crippen LogP contribution in [0, 0.1) is 6.92 Å². The van der Waals surface area contributed by atoms with Crippen LogP contribution in [0.4, 0.5) is 0 Å². The molecule has 21 heavy (non-hydrogen) atoms. The quantitative estimate of drug-likeness (QED) is 0.580. The average molecular weight is 275 g/mol. The van der Waals surface area contributed by atoms with Gasteiger partial charge in [0.15, 0.2) is 0 Å². The number of rotatable bonds is 3. The second kappa shape index (κ2) is 4.77. The van der Waals surface area contributed by atoms with Crippen molar-refractivity contribution in [2.45, 2.75) is 19.8 Å². The number of aromatic amines is 2. The number of pyridine rings is 1. The van der Waals surface area contributed by atoms with Gasteiger partial charge in [-0.3, -0.25) is 0 Å². The highest BCUT2D eigenvalue weighted by molar-refractivity contribution is 5.80. The minimum Gasteiger partial charge on any atom is -0.361 e. The van der Waals surface area contributed by atoms with E-state index in [0.29, 0.717) is 0 Å². The van der Waals surface area contributed by atoms with E-state index >= 15 is 0 Å². The van der Waals surface area contributed by atoms with E-state index in [-0.39, 0.29) is 0 Å². The molecule has 3 aromatic heterocycles. The topological polar surface area (TPSA) is 44.5 Å². The highest BCUT2D eigenvalue weighted by atomic mass is 14.8. The number of fused-ring (bicyclic) bond motifs is 2. The molecular weight excluding hydrogens is 258 g/mol. The van der Waals surface area contributed by atoms with E-state index in [1.54, 1.807) is 0 Å². The molecule has 3 heteroatoms. The Labute approximate surface area is 123 Å². The maximum atomic E-state index is 4.49. The first-order valence-corrected chi connectivity index (χ1v) is 7.28. The Morgan fingerprint density at radius 2 is 1.86 bits per heavy atom. The SMILES string of the molecule is Cc1cc2cc(CCc3ccc4cc[nH]c4c3)cnc2[nH]1. The van der Waals surface area contributed by atoms with Crippen LogP contribution in [0.2, 0.25) is 0 Å². The predicted molar refractivity (Wildman–Crippen MR) is 86.5 cm³/mol. The van der Waals surface area contributed by atoms with Crippen LogP contribution in [0.5, 0.6) is 0 Å². The maximum Gasteiger partial charge on any atom is 0.137 e. The molecular formula is C18H17N3. The minimum absolute atomic E-state index is 0.976. The van der Waals surface area contributed by atoms with Gasteiger partial charge in [-0.25, -0.2) is 4.98 Å². The molecule has 0 saturated heterocycles. The van der Waals surface area contributed by atoms with Gasteiger partial charge >= 0.3 is 0 Å². The standard InChI is InChI=1S/C18H17N3/c1-12-8-16-9-14(11-20-18(16)21-12)3-2-13-4-5-15-6-7-19-17(15)10-13/h4-11,19H,2-3H2,1H3,(H,20,21). The highest BCUT2D eigenvalue weighted by Crippen LogP contribution is 2.18. The fraction of sp³-hybridized carbons (Fsp3) is 0.167. The lowest BCUT2D eigenvalue weighted by atomic mass is 10.0. The summed E-state index contributed by atoms with van der Waals surface area (Å²) in [6.45, 7) is 2.06. The number of H-pyrrole nitrogens is 2. The van der Waals surface area contributed by atoms with Crippen molar-refractivity contribution in [3.63, 3.8) is 0 Å². The molecule has 4 rings (SSSR count). The molecule has 0 amide bonds. The summed E-state index contributed by atoms with van der Waals surface area (Å²) in [5.41, 5.74) is 5.99. The third-order valence-corrected chi connectivity index (χ3v) is 3.98. The monoisotopic (exact) mass is 275 g/mol. The first-order chi connectivity index (χ1) is 10.3. The summed E-state index contributed by atoms with van der Waals surface area (Å²) in [6, 6.07) is 13.1. The summed E-state index contributed by atoms with van der Waals surface area (Å²) in [7, 11) is 0. The average Bonchev–Trinajstić information content (AvgIpc) is 3.08. The highest BCUT2D eigenvalue weighted by Gasteiger charge is 2.03. The van der Waals surface area contributed by atoms with Crippen LogP contribution in [0.25, 0.3) is 21.9 Å². The third-order valence-electron chi connectivity index (χ3n) is 3.98. The van der Waals surface area contributed by atoms with Crippen molar-refractivity contribution in [1.82, 2.24) is 15.0 Å². The van der Waals surface area contributed by atoms with E-state index in [9.17, 15) is 0 Å². The van der Waals surface area contributed by atoms with E-state index in [2.05, 4.69) is 58.3 Å². The van der Waals surface area contributed by atoms with E-state index in [1.807, 2.05) is 12.4 Å². The molecule has 3 nitrogen and oxygen atoms in total. The Morgan fingerprint density at radius 3 is 2.81 bits per heavy atom. The summed E-state index contributed by atoms with van der Waals surface area (Å²) < 4.78 is 0. The van der Waals surface area contributed by atoms with Gasteiger partial charge in [0.05, 0.1) is 0 Å². The number of aryl methyl sites for hydroxylation is 3. The molecule has 0 radical (unpaired) electrons. The molecule has 2 N–H and O–H groups in total. The number of nitrogens with one attached hydrogen (secondary N) is 2. The predicted octanol–water partition coefficient (Wildman–Crippen LogP) is 4.14. The fourth-order valence-corrected chi connectivity index (χ4v) is 2.87. The minimum atomic E-state index is 0.976. The number of hydrogen-bond donors (Lipinski definition) is 2. The van der Waals surface area contributed by atoms with E-state index in [4.69, 9.17) is 0 Å². The van der Waals surface area contributed by atoms with E-state index < -0.39 is 0 Å². The van der Waals surface area contributed by atoms with Crippen molar-refractivity contribution in [3.8, 4) is 0 Å². The largest absolute Gasteiger partial charge is 0.361 e. The maximum absolute atomic E-state index is 4.49. The Morgan fingerprint density at radius 1 is 0.952 bits per heavy atom. The molecule has 1 aromatic carbocycles. The van der Waals surface area contributed by atoms with Crippen molar-refractivity contribution in [2.75, 3.05) is 0 Å². The zero-order valence-electron chi connectivity index (χ0n) is 12.0. The van der Waals surface area contributed by atoms with Gasteiger partial charge in [-0.1, -0.05) is 12.1 Å². The van der Waals surface area contributed by atoms with Crippen LogP contribution < -0.4 is 0 Å². The molecule has 104 valence electrons. The van der Waals surface area contributed by atoms with Gasteiger partial charge < -0.3 is 9.97 Å². The molecule has 0 aliphatic carbocycles. The van der Waals surface area contributed by atoms with E-state index in [1.165, 1.54) is 27.4 Å². The lowest BCUT2D eigenvalue weighted by molar-refractivity contribution is 0.955. The van der Waals surface area contributed by atoms with E-state index in [0.717, 1.165) is 24.2 Å². The van der Waals surface area contributed by atoms with Gasteiger partial charge in [0.25, 0.3) is 0 Å². The Balaban J connectivity index is 1.56. The van der Waals surface area contributed by atoms with Crippen molar-refractivity contribution < 1.29 is 0 Å². The first kappa shape index (κ1) is 12.2. The first-order valence-electron chi connectivity index (χ1n) is 7.28. The normalized spacial score (nSPS) is 11.5. The number of benzene rings is 1. The molecule has 3 heterocycles. The Hall–Kier alpha value is -2.55. The zero-order valence-corrected chi connectivity index (χ0v) is 12.0. The van der Waals surface area contributed by atoms with Crippen molar-refractivity contribution in [2.24, 2.45) is 0 Å². The molecule has 0 bridgehead atoms. The van der Waals surface area contributed by atoms with Gasteiger partial charge in [0.2, 0.25) is 0 Å². The van der Waals surface area contributed by atoms with Crippen molar-refractivity contribution in [3.05, 3.63) is 65.6 Å². The summed E-state index contributed by atoms with van der Waals surface area (Å²) in [4.78, 5) is 11.0. The van der Waals surface area contributed by atoms with Gasteiger partial charge in [0, 0.05) is 29.0 Å². The molecule has 4 aromatic rings. The summed E-state index contributed by atoms with van der Waals surface area (Å²) >= 11 is 0. The number of aromatic nitrogens is 3. The van der Waals surface area contributed by atoms with Gasteiger partial charge in [-0.05, 0) is 60.5 Å². The van der Waals surface area contributed by atoms with Gasteiger partial charge in [-0.15, -0.1) is 0 Å². The fourth-order valence-electron chi connectivity index (χ4n) is 2.87. The molecule has 0 saturated carbocycles. The summed E-state index contributed by atoms with van der Waals surface area (Å²) in [6.07, 6.45) is 6.01. The second-order valence-corrected chi connectivity index (χ2v) is 5.63. The van der Waals surface area contributed by atoms with Crippen LogP contribution in [-0.4, -0.2) is 15.0 Å². The zero-order chi connectivity index (χ0) is 14.2. The van der Waals surface area contributed by atoms with Crippen molar-refractivity contribution >= 4 is 21.9 Å². The number of hydrogen-bond acceptors (Lipinski definition) is 1. The van der Waals surface area contributed by atoms with Crippen LogP contribution >= 0.6 is 0 Å². The van der Waals surface area contributed by atoms with Crippen molar-refractivity contribution in [1.29, 1.82) is 0 Å².